The molecule has 4 nitrogen and oxygen atoms in total. The van der Waals surface area contributed by atoms with Crippen LogP contribution in [-0.2, 0) is 17.6 Å². The normalized spacial score (nSPS) is 32.7. The summed E-state index contributed by atoms with van der Waals surface area (Å²) in [7, 11) is 0. The molecule has 4 rings (SSSR count). The molecule has 3 aliphatic rings. The molecule has 0 bridgehead atoms. The minimum Gasteiger partial charge on any atom is -0.373 e. The van der Waals surface area contributed by atoms with Gasteiger partial charge in [0.1, 0.15) is 5.82 Å². The molecule has 0 aromatic carbocycles. The first-order valence-electron chi connectivity index (χ1n) is 7.37. The largest absolute Gasteiger partial charge is 0.373 e. The first-order valence-corrected chi connectivity index (χ1v) is 7.37. The molecule has 1 fully saturated rings. The van der Waals surface area contributed by atoms with Gasteiger partial charge in [0.05, 0.1) is 18.4 Å². The predicted molar refractivity (Wildman–Crippen MR) is 74.6 cm³/mol. The zero-order valence-electron chi connectivity index (χ0n) is 11.6. The molecule has 0 spiro atoms. The highest BCUT2D eigenvalue weighted by molar-refractivity contribution is 5.58. The van der Waals surface area contributed by atoms with Crippen LogP contribution in [0.2, 0.25) is 0 Å². The molecular formula is C15H21N3O. The summed E-state index contributed by atoms with van der Waals surface area (Å²) in [5, 5.41) is 3.52. The van der Waals surface area contributed by atoms with E-state index in [1.54, 1.807) is 0 Å². The van der Waals surface area contributed by atoms with Crippen LogP contribution < -0.4 is 10.2 Å². The van der Waals surface area contributed by atoms with Gasteiger partial charge in [0.2, 0.25) is 0 Å². The van der Waals surface area contributed by atoms with E-state index in [1.165, 1.54) is 22.6 Å². The highest BCUT2D eigenvalue weighted by Gasteiger charge is 2.37. The van der Waals surface area contributed by atoms with E-state index in [-0.39, 0.29) is 6.10 Å². The van der Waals surface area contributed by atoms with Crippen molar-refractivity contribution in [3.63, 3.8) is 0 Å². The monoisotopic (exact) mass is 259 g/mol. The van der Waals surface area contributed by atoms with Crippen LogP contribution in [0.4, 0.5) is 5.82 Å². The van der Waals surface area contributed by atoms with Gasteiger partial charge < -0.3 is 15.0 Å². The van der Waals surface area contributed by atoms with E-state index in [2.05, 4.69) is 30.1 Å². The number of nitrogens with zero attached hydrogens (tertiary/aromatic N) is 2. The van der Waals surface area contributed by atoms with E-state index < -0.39 is 0 Å². The van der Waals surface area contributed by atoms with Crippen LogP contribution in [0.15, 0.2) is 6.07 Å². The second kappa shape index (κ2) is 4.18. The Hall–Kier alpha value is -1.13. The number of hydrogen-bond donors (Lipinski definition) is 1. The Bertz CT molecular complexity index is 516. The third-order valence-electron chi connectivity index (χ3n) is 4.72. The van der Waals surface area contributed by atoms with Gasteiger partial charge >= 0.3 is 0 Å². The zero-order chi connectivity index (χ0) is 13.0. The molecule has 1 saturated heterocycles. The maximum absolute atomic E-state index is 5.74. The molecule has 102 valence electrons. The maximum atomic E-state index is 5.74. The lowest BCUT2D eigenvalue weighted by Gasteiger charge is -2.38. The zero-order valence-corrected chi connectivity index (χ0v) is 11.6. The van der Waals surface area contributed by atoms with Crippen molar-refractivity contribution in [3.8, 4) is 0 Å². The van der Waals surface area contributed by atoms with Crippen molar-refractivity contribution >= 4 is 5.82 Å². The fourth-order valence-electron chi connectivity index (χ4n) is 3.77. The molecule has 0 saturated carbocycles. The Morgan fingerprint density at radius 2 is 2.26 bits per heavy atom. The molecule has 4 heteroatoms. The molecule has 0 radical (unpaired) electrons. The van der Waals surface area contributed by atoms with Crippen molar-refractivity contribution in [1.82, 2.24) is 10.3 Å². The summed E-state index contributed by atoms with van der Waals surface area (Å²) < 4.78 is 5.74. The number of rotatable bonds is 0. The lowest BCUT2D eigenvalue weighted by molar-refractivity contribution is 0.0542. The molecule has 19 heavy (non-hydrogen) atoms. The summed E-state index contributed by atoms with van der Waals surface area (Å²) in [6, 6.07) is 3.49. The maximum Gasteiger partial charge on any atom is 0.132 e. The molecule has 0 aliphatic carbocycles. The highest BCUT2D eigenvalue weighted by Crippen LogP contribution is 2.37. The Balaban J connectivity index is 1.79. The van der Waals surface area contributed by atoms with Crippen molar-refractivity contribution in [1.29, 1.82) is 0 Å². The first kappa shape index (κ1) is 11.7. The number of aromatic nitrogens is 1. The van der Waals surface area contributed by atoms with Crippen molar-refractivity contribution in [2.45, 2.75) is 44.9 Å². The number of ether oxygens (including phenoxy) is 1. The Morgan fingerprint density at radius 1 is 1.37 bits per heavy atom. The third kappa shape index (κ3) is 1.70. The lowest BCUT2D eigenvalue weighted by atomic mass is 10.0. The van der Waals surface area contributed by atoms with Crippen LogP contribution in [0.25, 0.3) is 0 Å². The van der Waals surface area contributed by atoms with E-state index in [4.69, 9.17) is 9.72 Å². The quantitative estimate of drug-likeness (QED) is 0.765. The number of anilines is 1. The van der Waals surface area contributed by atoms with Gasteiger partial charge in [-0.2, -0.15) is 0 Å². The fourth-order valence-corrected chi connectivity index (χ4v) is 3.77. The lowest BCUT2D eigenvalue weighted by Crippen LogP contribution is -2.55. The average molecular weight is 259 g/mol. The standard InChI is InChI=1S/C15H21N3O/c1-9-7-16-8-12-5-11-6-13-10(2)19-4-3-14(13)17-15(11)18(9)12/h6,9-10,12,16H,3-5,7-8H2,1-2H3/t9-,10-,12-/m1/s1. The van der Waals surface area contributed by atoms with Crippen LogP contribution in [0, 0.1) is 0 Å². The summed E-state index contributed by atoms with van der Waals surface area (Å²) in [4.78, 5) is 7.53. The molecule has 3 aliphatic heterocycles. The molecule has 0 amide bonds. The summed E-state index contributed by atoms with van der Waals surface area (Å²) in [6.45, 7) is 7.38. The van der Waals surface area contributed by atoms with Gasteiger partial charge in [-0.3, -0.25) is 0 Å². The minimum absolute atomic E-state index is 0.203. The average Bonchev–Trinajstić information content (AvgIpc) is 2.76. The van der Waals surface area contributed by atoms with Crippen LogP contribution in [0.5, 0.6) is 0 Å². The van der Waals surface area contributed by atoms with Crippen LogP contribution >= 0.6 is 0 Å². The van der Waals surface area contributed by atoms with Gasteiger partial charge in [-0.15, -0.1) is 0 Å². The Kier molecular flexibility index (Phi) is 2.57. The molecule has 3 atom stereocenters. The van der Waals surface area contributed by atoms with E-state index in [1.807, 2.05) is 0 Å². The number of piperazine rings is 1. The van der Waals surface area contributed by atoms with Crippen molar-refractivity contribution in [2.24, 2.45) is 0 Å². The van der Waals surface area contributed by atoms with E-state index in [9.17, 15) is 0 Å². The van der Waals surface area contributed by atoms with E-state index >= 15 is 0 Å². The summed E-state index contributed by atoms with van der Waals surface area (Å²) >= 11 is 0. The molecule has 1 aromatic rings. The van der Waals surface area contributed by atoms with E-state index in [0.717, 1.165) is 32.5 Å². The third-order valence-corrected chi connectivity index (χ3v) is 4.72. The molecular weight excluding hydrogens is 238 g/mol. The predicted octanol–water partition coefficient (Wildman–Crippen LogP) is 1.44. The van der Waals surface area contributed by atoms with Crippen molar-refractivity contribution in [2.75, 3.05) is 24.6 Å². The van der Waals surface area contributed by atoms with Gasteiger partial charge in [-0.1, -0.05) is 0 Å². The van der Waals surface area contributed by atoms with Crippen LogP contribution in [0.3, 0.4) is 0 Å². The first-order chi connectivity index (χ1) is 9.24. The smallest absolute Gasteiger partial charge is 0.132 e. The Morgan fingerprint density at radius 3 is 3.16 bits per heavy atom. The molecule has 1 N–H and O–H groups in total. The highest BCUT2D eigenvalue weighted by atomic mass is 16.5. The number of hydrogen-bond acceptors (Lipinski definition) is 4. The second-order valence-corrected chi connectivity index (χ2v) is 6.04. The van der Waals surface area contributed by atoms with Crippen molar-refractivity contribution < 1.29 is 4.74 Å². The van der Waals surface area contributed by atoms with Crippen molar-refractivity contribution in [3.05, 3.63) is 22.9 Å². The summed E-state index contributed by atoms with van der Waals surface area (Å²) in [6.07, 6.45) is 2.28. The van der Waals surface area contributed by atoms with Gasteiger partial charge in [0.25, 0.3) is 0 Å². The summed E-state index contributed by atoms with van der Waals surface area (Å²) in [5.41, 5.74) is 3.98. The van der Waals surface area contributed by atoms with Crippen LogP contribution in [0.1, 0.15) is 36.8 Å². The SMILES string of the molecule is C[C@@H]1CNC[C@H]2Cc3cc4c(nc3N21)CCO[C@@H]4C. The molecule has 0 unspecified atom stereocenters. The number of pyridine rings is 1. The van der Waals surface area contributed by atoms with Gasteiger partial charge in [0, 0.05) is 37.2 Å². The van der Waals surface area contributed by atoms with Gasteiger partial charge in [-0.25, -0.2) is 4.98 Å². The van der Waals surface area contributed by atoms with Gasteiger partial charge in [-0.05, 0) is 31.9 Å². The summed E-state index contributed by atoms with van der Waals surface area (Å²) in [5.74, 6) is 1.24. The van der Waals surface area contributed by atoms with Crippen LogP contribution in [-0.4, -0.2) is 36.8 Å². The van der Waals surface area contributed by atoms with E-state index in [0.29, 0.717) is 12.1 Å². The minimum atomic E-state index is 0.203. The Labute approximate surface area is 114 Å². The number of nitrogens with one attached hydrogen (secondary N) is 1. The topological polar surface area (TPSA) is 37.4 Å². The molecule has 4 heterocycles. The molecule has 1 aromatic heterocycles. The van der Waals surface area contributed by atoms with Gasteiger partial charge in [0.15, 0.2) is 0 Å². The fraction of sp³-hybridized carbons (Fsp3) is 0.667. The second-order valence-electron chi connectivity index (χ2n) is 6.04. The number of fused-ring (bicyclic) bond motifs is 4.